The van der Waals surface area contributed by atoms with E-state index in [0.717, 1.165) is 5.56 Å². The number of anilines is 1. The third kappa shape index (κ3) is 3.81. The van der Waals surface area contributed by atoms with Crippen LogP contribution in [0.2, 0.25) is 0 Å². The van der Waals surface area contributed by atoms with Gasteiger partial charge < -0.3 is 15.1 Å². The van der Waals surface area contributed by atoms with Crippen molar-refractivity contribution in [3.63, 3.8) is 0 Å². The van der Waals surface area contributed by atoms with Crippen molar-refractivity contribution in [2.45, 2.75) is 12.8 Å². The molecule has 1 aromatic heterocycles. The van der Waals surface area contributed by atoms with Gasteiger partial charge in [0.1, 0.15) is 0 Å². The highest BCUT2D eigenvalue weighted by Gasteiger charge is 2.28. The Morgan fingerprint density at radius 1 is 1.23 bits per heavy atom. The van der Waals surface area contributed by atoms with E-state index in [4.69, 9.17) is 0 Å². The lowest BCUT2D eigenvalue weighted by atomic mass is 9.96. The molecule has 1 aromatic carbocycles. The first kappa shape index (κ1) is 17.8. The van der Waals surface area contributed by atoms with E-state index in [9.17, 15) is 9.59 Å². The predicted molar refractivity (Wildman–Crippen MR) is 96.2 cm³/mol. The Kier molecular flexibility index (Phi) is 5.15. The van der Waals surface area contributed by atoms with Crippen LogP contribution in [0.5, 0.6) is 0 Å². The summed E-state index contributed by atoms with van der Waals surface area (Å²) in [5.74, 6) is 0.764. The van der Waals surface area contributed by atoms with Crippen molar-refractivity contribution in [1.82, 2.24) is 30.0 Å². The van der Waals surface area contributed by atoms with Crippen molar-refractivity contribution in [1.29, 1.82) is 0 Å². The minimum absolute atomic E-state index is 0.000735. The summed E-state index contributed by atoms with van der Waals surface area (Å²) in [6.45, 7) is 1.14. The summed E-state index contributed by atoms with van der Waals surface area (Å²) in [7, 11) is 5.29. The highest BCUT2D eigenvalue weighted by atomic mass is 16.2. The van der Waals surface area contributed by atoms with Crippen molar-refractivity contribution in [3.8, 4) is 11.4 Å². The van der Waals surface area contributed by atoms with Crippen molar-refractivity contribution in [3.05, 3.63) is 24.3 Å². The van der Waals surface area contributed by atoms with Crippen LogP contribution in [0, 0.1) is 5.92 Å². The number of carbonyl (C=O) groups excluding carboxylic acids is 2. The van der Waals surface area contributed by atoms with Gasteiger partial charge in [-0.25, -0.2) is 9.48 Å². The molecule has 0 radical (unpaired) electrons. The number of tetrazole rings is 1. The number of hydrogen-bond acceptors (Lipinski definition) is 5. The molecule has 0 atom stereocenters. The Labute approximate surface area is 152 Å². The molecule has 0 spiro atoms. The third-order valence-corrected chi connectivity index (χ3v) is 4.56. The molecule has 2 heterocycles. The number of nitrogens with one attached hydrogen (secondary N) is 1. The SMILES string of the molecule is CN(C)C(=O)C1CCN(C(=O)Nc2cccc(-c3nnnn3C)c2)CC1. The highest BCUT2D eigenvalue weighted by molar-refractivity contribution is 5.90. The normalized spacial score (nSPS) is 15.0. The van der Waals surface area contributed by atoms with E-state index < -0.39 is 0 Å². The maximum absolute atomic E-state index is 12.5. The van der Waals surface area contributed by atoms with Crippen LogP contribution in [0.25, 0.3) is 11.4 Å². The van der Waals surface area contributed by atoms with E-state index in [1.54, 1.807) is 35.6 Å². The van der Waals surface area contributed by atoms with E-state index in [2.05, 4.69) is 20.8 Å². The average molecular weight is 357 g/mol. The van der Waals surface area contributed by atoms with Gasteiger partial charge in [-0.1, -0.05) is 12.1 Å². The summed E-state index contributed by atoms with van der Waals surface area (Å²) in [5, 5.41) is 14.3. The Morgan fingerprint density at radius 2 is 1.96 bits per heavy atom. The molecule has 9 heteroatoms. The molecular formula is C17H23N7O2. The standard InChI is InChI=1S/C17H23N7O2/c1-22(2)16(25)12-7-9-24(10-8-12)17(26)18-14-6-4-5-13(11-14)15-19-20-21-23(15)3/h4-6,11-12H,7-10H2,1-3H3,(H,18,26). The Morgan fingerprint density at radius 3 is 2.58 bits per heavy atom. The van der Waals surface area contributed by atoms with Crippen LogP contribution < -0.4 is 5.32 Å². The fourth-order valence-corrected chi connectivity index (χ4v) is 3.11. The van der Waals surface area contributed by atoms with Gasteiger partial charge in [0.2, 0.25) is 5.91 Å². The predicted octanol–water partition coefficient (Wildman–Crippen LogP) is 1.21. The molecule has 9 nitrogen and oxygen atoms in total. The van der Waals surface area contributed by atoms with E-state index in [1.165, 1.54) is 0 Å². The number of carbonyl (C=O) groups is 2. The minimum atomic E-state index is -0.158. The quantitative estimate of drug-likeness (QED) is 0.891. The number of hydrogen-bond donors (Lipinski definition) is 1. The topological polar surface area (TPSA) is 96.2 Å². The molecule has 1 fully saturated rings. The zero-order valence-corrected chi connectivity index (χ0v) is 15.2. The van der Waals surface area contributed by atoms with Gasteiger partial charge >= 0.3 is 6.03 Å². The fourth-order valence-electron chi connectivity index (χ4n) is 3.11. The van der Waals surface area contributed by atoms with Crippen LogP contribution in [0.15, 0.2) is 24.3 Å². The zero-order valence-electron chi connectivity index (χ0n) is 15.2. The van der Waals surface area contributed by atoms with Crippen LogP contribution >= 0.6 is 0 Å². The molecule has 1 saturated heterocycles. The minimum Gasteiger partial charge on any atom is -0.349 e. The average Bonchev–Trinajstić information content (AvgIpc) is 3.07. The number of piperidine rings is 1. The molecule has 3 rings (SSSR count). The summed E-state index contributed by atoms with van der Waals surface area (Å²) >= 11 is 0. The second-order valence-corrected chi connectivity index (χ2v) is 6.63. The summed E-state index contributed by atoms with van der Waals surface area (Å²) in [4.78, 5) is 27.9. The van der Waals surface area contributed by atoms with Crippen LogP contribution in [0.1, 0.15) is 12.8 Å². The summed E-state index contributed by atoms with van der Waals surface area (Å²) in [6, 6.07) is 7.25. The molecule has 1 aliphatic heterocycles. The lowest BCUT2D eigenvalue weighted by Gasteiger charge is -2.32. The number of likely N-dealkylation sites (tertiary alicyclic amines) is 1. The van der Waals surface area contributed by atoms with Crippen LogP contribution in [-0.2, 0) is 11.8 Å². The smallest absolute Gasteiger partial charge is 0.321 e. The molecule has 0 unspecified atom stereocenters. The molecule has 0 bridgehead atoms. The molecule has 1 N–H and O–H groups in total. The number of urea groups is 1. The van der Waals surface area contributed by atoms with Gasteiger partial charge in [0.15, 0.2) is 5.82 Å². The summed E-state index contributed by atoms with van der Waals surface area (Å²) in [5.41, 5.74) is 1.51. The number of rotatable bonds is 3. The van der Waals surface area contributed by atoms with Crippen molar-refractivity contribution < 1.29 is 9.59 Å². The molecule has 138 valence electrons. The van der Waals surface area contributed by atoms with Gasteiger partial charge in [0, 0.05) is 51.4 Å². The molecule has 26 heavy (non-hydrogen) atoms. The molecule has 3 amide bonds. The van der Waals surface area contributed by atoms with E-state index in [0.29, 0.717) is 37.4 Å². The maximum Gasteiger partial charge on any atom is 0.321 e. The lowest BCUT2D eigenvalue weighted by molar-refractivity contribution is -0.134. The fraction of sp³-hybridized carbons (Fsp3) is 0.471. The first-order valence-electron chi connectivity index (χ1n) is 8.55. The van der Waals surface area contributed by atoms with Gasteiger partial charge in [-0.2, -0.15) is 0 Å². The first-order chi connectivity index (χ1) is 12.5. The second-order valence-electron chi connectivity index (χ2n) is 6.63. The number of aryl methyl sites for hydroxylation is 1. The molecular weight excluding hydrogens is 334 g/mol. The number of benzene rings is 1. The highest BCUT2D eigenvalue weighted by Crippen LogP contribution is 2.22. The summed E-state index contributed by atoms with van der Waals surface area (Å²) in [6.07, 6.45) is 1.38. The van der Waals surface area contributed by atoms with Crippen molar-refractivity contribution in [2.75, 3.05) is 32.5 Å². The van der Waals surface area contributed by atoms with Gasteiger partial charge in [0.05, 0.1) is 0 Å². The van der Waals surface area contributed by atoms with Gasteiger partial charge in [-0.3, -0.25) is 4.79 Å². The van der Waals surface area contributed by atoms with E-state index in [-0.39, 0.29) is 17.9 Å². The van der Waals surface area contributed by atoms with Crippen LogP contribution in [-0.4, -0.2) is 69.1 Å². The van der Waals surface area contributed by atoms with E-state index in [1.807, 2.05) is 24.3 Å². The molecule has 1 aliphatic rings. The van der Waals surface area contributed by atoms with Gasteiger partial charge in [-0.05, 0) is 35.4 Å². The Hall–Kier alpha value is -2.97. The zero-order chi connectivity index (χ0) is 18.7. The monoisotopic (exact) mass is 357 g/mol. The third-order valence-electron chi connectivity index (χ3n) is 4.56. The second kappa shape index (κ2) is 7.51. The summed E-state index contributed by atoms with van der Waals surface area (Å²) < 4.78 is 1.58. The van der Waals surface area contributed by atoms with Gasteiger partial charge in [-0.15, -0.1) is 5.10 Å². The van der Waals surface area contributed by atoms with Crippen LogP contribution in [0.4, 0.5) is 10.5 Å². The van der Waals surface area contributed by atoms with Crippen molar-refractivity contribution in [2.24, 2.45) is 13.0 Å². The molecule has 2 aromatic rings. The first-order valence-corrected chi connectivity index (χ1v) is 8.55. The van der Waals surface area contributed by atoms with Crippen LogP contribution in [0.3, 0.4) is 0 Å². The largest absolute Gasteiger partial charge is 0.349 e. The Balaban J connectivity index is 1.61. The number of nitrogens with zero attached hydrogens (tertiary/aromatic N) is 6. The number of aromatic nitrogens is 4. The Bertz CT molecular complexity index is 794. The number of amides is 3. The van der Waals surface area contributed by atoms with Crippen molar-refractivity contribution >= 4 is 17.6 Å². The van der Waals surface area contributed by atoms with E-state index >= 15 is 0 Å². The molecule has 0 aliphatic carbocycles. The maximum atomic E-state index is 12.5. The molecule has 0 saturated carbocycles. The lowest BCUT2D eigenvalue weighted by Crippen LogP contribution is -2.44. The van der Waals surface area contributed by atoms with Gasteiger partial charge in [0.25, 0.3) is 0 Å².